The lowest BCUT2D eigenvalue weighted by atomic mass is 10.2. The van der Waals surface area contributed by atoms with Crippen molar-refractivity contribution in [3.63, 3.8) is 0 Å². The highest BCUT2D eigenvalue weighted by molar-refractivity contribution is 5.93. The van der Waals surface area contributed by atoms with E-state index in [0.717, 1.165) is 12.1 Å². The molecule has 0 spiro atoms. The van der Waals surface area contributed by atoms with Crippen molar-refractivity contribution >= 4 is 5.78 Å². The Balaban J connectivity index is 2.02. The number of rotatable bonds is 10. The molecule has 0 aliphatic rings. The molecule has 5 nitrogen and oxygen atoms in total. The van der Waals surface area contributed by atoms with Crippen molar-refractivity contribution in [3.05, 3.63) is 24.0 Å². The Morgan fingerprint density at radius 1 is 1.17 bits per heavy atom. The SMILES string of the molecule is COCCOCCOCCn1ccc(C(C)=O)c1. The number of methoxy groups -OCH3 is 1. The van der Waals surface area contributed by atoms with Gasteiger partial charge in [-0.15, -0.1) is 0 Å². The summed E-state index contributed by atoms with van der Waals surface area (Å²) in [6.07, 6.45) is 3.72. The fraction of sp³-hybridized carbons (Fsp3) is 0.615. The Morgan fingerprint density at radius 3 is 2.44 bits per heavy atom. The van der Waals surface area contributed by atoms with Gasteiger partial charge in [-0.25, -0.2) is 0 Å². The van der Waals surface area contributed by atoms with Crippen molar-refractivity contribution in [3.8, 4) is 0 Å². The zero-order chi connectivity index (χ0) is 13.2. The van der Waals surface area contributed by atoms with Crippen LogP contribution in [0, 0.1) is 0 Å². The molecule has 1 aromatic heterocycles. The first-order valence-corrected chi connectivity index (χ1v) is 6.05. The standard InChI is InChI=1S/C13H21NO4/c1-12(15)13-3-4-14(11-13)5-6-17-9-10-18-8-7-16-2/h3-4,11H,5-10H2,1-2H3. The molecule has 0 radical (unpaired) electrons. The molecule has 0 N–H and O–H groups in total. The van der Waals surface area contributed by atoms with Gasteiger partial charge in [0.05, 0.1) is 33.0 Å². The van der Waals surface area contributed by atoms with Crippen LogP contribution in [0.2, 0.25) is 0 Å². The maximum absolute atomic E-state index is 11.1. The van der Waals surface area contributed by atoms with E-state index in [4.69, 9.17) is 14.2 Å². The second kappa shape index (κ2) is 8.85. The average Bonchev–Trinajstić information content (AvgIpc) is 2.81. The van der Waals surface area contributed by atoms with E-state index in [9.17, 15) is 4.79 Å². The van der Waals surface area contributed by atoms with Crippen molar-refractivity contribution in [2.24, 2.45) is 0 Å². The number of ketones is 1. The van der Waals surface area contributed by atoms with Gasteiger partial charge in [0.1, 0.15) is 0 Å². The third kappa shape index (κ3) is 5.95. The molecule has 18 heavy (non-hydrogen) atoms. The minimum absolute atomic E-state index is 0.0845. The van der Waals surface area contributed by atoms with Gasteiger partial charge in [0.15, 0.2) is 5.78 Å². The highest BCUT2D eigenvalue weighted by atomic mass is 16.5. The quantitative estimate of drug-likeness (QED) is 0.468. The van der Waals surface area contributed by atoms with Gasteiger partial charge in [-0.1, -0.05) is 0 Å². The topological polar surface area (TPSA) is 49.7 Å². The normalized spacial score (nSPS) is 10.8. The predicted molar refractivity (Wildman–Crippen MR) is 68.0 cm³/mol. The zero-order valence-electron chi connectivity index (χ0n) is 11.1. The van der Waals surface area contributed by atoms with Crippen LogP contribution in [0.1, 0.15) is 17.3 Å². The number of carbonyl (C=O) groups is 1. The number of aromatic nitrogens is 1. The third-order valence-corrected chi connectivity index (χ3v) is 2.45. The minimum atomic E-state index is 0.0845. The fourth-order valence-electron chi connectivity index (χ4n) is 1.42. The van der Waals surface area contributed by atoms with E-state index in [1.54, 1.807) is 14.0 Å². The smallest absolute Gasteiger partial charge is 0.161 e. The molecule has 1 heterocycles. The van der Waals surface area contributed by atoms with Gasteiger partial charge >= 0.3 is 0 Å². The van der Waals surface area contributed by atoms with E-state index >= 15 is 0 Å². The lowest BCUT2D eigenvalue weighted by Gasteiger charge is -2.06. The Kier molecular flexibility index (Phi) is 7.32. The molecule has 0 atom stereocenters. The fourth-order valence-corrected chi connectivity index (χ4v) is 1.42. The molecule has 1 rings (SSSR count). The molecule has 0 saturated carbocycles. The summed E-state index contributed by atoms with van der Waals surface area (Å²) in [4.78, 5) is 11.1. The van der Waals surface area contributed by atoms with Crippen molar-refractivity contribution in [2.45, 2.75) is 13.5 Å². The van der Waals surface area contributed by atoms with Crippen LogP contribution in [-0.2, 0) is 20.8 Å². The van der Waals surface area contributed by atoms with Crippen LogP contribution < -0.4 is 0 Å². The molecule has 0 bridgehead atoms. The number of ether oxygens (including phenoxy) is 3. The highest BCUT2D eigenvalue weighted by Crippen LogP contribution is 2.01. The van der Waals surface area contributed by atoms with E-state index in [0.29, 0.717) is 33.0 Å². The molecule has 0 aromatic carbocycles. The lowest BCUT2D eigenvalue weighted by Crippen LogP contribution is -2.11. The number of Topliss-reactive ketones (excluding diaryl/α,β-unsaturated/α-hetero) is 1. The largest absolute Gasteiger partial charge is 0.382 e. The van der Waals surface area contributed by atoms with Gasteiger partial charge in [0.25, 0.3) is 0 Å². The summed E-state index contributed by atoms with van der Waals surface area (Å²) in [6, 6.07) is 1.82. The summed E-state index contributed by atoms with van der Waals surface area (Å²) in [6.45, 7) is 5.27. The van der Waals surface area contributed by atoms with Crippen LogP contribution in [-0.4, -0.2) is 50.5 Å². The van der Waals surface area contributed by atoms with Crippen LogP contribution in [0.5, 0.6) is 0 Å². The Hall–Kier alpha value is -1.17. The maximum atomic E-state index is 11.1. The van der Waals surface area contributed by atoms with Crippen molar-refractivity contribution in [1.82, 2.24) is 4.57 Å². The Labute approximate surface area is 108 Å². The van der Waals surface area contributed by atoms with Gasteiger partial charge in [0, 0.05) is 31.6 Å². The molecule has 1 aromatic rings. The van der Waals surface area contributed by atoms with Crippen LogP contribution >= 0.6 is 0 Å². The summed E-state index contributed by atoms with van der Waals surface area (Å²) in [5, 5.41) is 0. The number of nitrogens with zero attached hydrogens (tertiary/aromatic N) is 1. The highest BCUT2D eigenvalue weighted by Gasteiger charge is 2.00. The molecule has 0 unspecified atom stereocenters. The first kappa shape index (κ1) is 14.9. The van der Waals surface area contributed by atoms with E-state index in [2.05, 4.69) is 0 Å². The summed E-state index contributed by atoms with van der Waals surface area (Å²) in [5.74, 6) is 0.0845. The van der Waals surface area contributed by atoms with Gasteiger partial charge in [-0.05, 0) is 13.0 Å². The van der Waals surface area contributed by atoms with Gasteiger partial charge < -0.3 is 18.8 Å². The first-order chi connectivity index (χ1) is 8.74. The van der Waals surface area contributed by atoms with Crippen molar-refractivity contribution < 1.29 is 19.0 Å². The van der Waals surface area contributed by atoms with Crippen molar-refractivity contribution in [2.75, 3.05) is 40.1 Å². The van der Waals surface area contributed by atoms with Gasteiger partial charge in [-0.2, -0.15) is 0 Å². The predicted octanol–water partition coefficient (Wildman–Crippen LogP) is 1.37. The van der Waals surface area contributed by atoms with E-state index < -0.39 is 0 Å². The molecule has 0 amide bonds. The van der Waals surface area contributed by atoms with E-state index in [1.165, 1.54) is 0 Å². The minimum Gasteiger partial charge on any atom is -0.382 e. The van der Waals surface area contributed by atoms with Gasteiger partial charge in [0.2, 0.25) is 0 Å². The second-order valence-electron chi connectivity index (χ2n) is 3.91. The molecule has 0 aliphatic heterocycles. The number of hydrogen-bond acceptors (Lipinski definition) is 4. The maximum Gasteiger partial charge on any atom is 0.161 e. The summed E-state index contributed by atoms with van der Waals surface area (Å²) in [7, 11) is 1.65. The van der Waals surface area contributed by atoms with Crippen molar-refractivity contribution in [1.29, 1.82) is 0 Å². The molecule has 0 fully saturated rings. The van der Waals surface area contributed by atoms with E-state index in [1.807, 2.05) is 23.0 Å². The summed E-state index contributed by atoms with van der Waals surface area (Å²) in [5.41, 5.74) is 0.734. The molecule has 0 saturated heterocycles. The number of carbonyl (C=O) groups excluding carboxylic acids is 1. The molecular weight excluding hydrogens is 234 g/mol. The summed E-state index contributed by atoms with van der Waals surface area (Å²) < 4.78 is 17.5. The van der Waals surface area contributed by atoms with E-state index in [-0.39, 0.29) is 5.78 Å². The van der Waals surface area contributed by atoms with Gasteiger partial charge in [-0.3, -0.25) is 4.79 Å². The number of hydrogen-bond donors (Lipinski definition) is 0. The average molecular weight is 255 g/mol. The molecule has 5 heteroatoms. The van der Waals surface area contributed by atoms with Crippen LogP contribution in [0.15, 0.2) is 18.5 Å². The third-order valence-electron chi connectivity index (χ3n) is 2.45. The monoisotopic (exact) mass is 255 g/mol. The zero-order valence-corrected chi connectivity index (χ0v) is 11.1. The Bertz CT molecular complexity index is 349. The summed E-state index contributed by atoms with van der Waals surface area (Å²) >= 11 is 0. The molecular formula is C13H21NO4. The lowest BCUT2D eigenvalue weighted by molar-refractivity contribution is 0.0230. The Morgan fingerprint density at radius 2 is 1.83 bits per heavy atom. The molecule has 102 valence electrons. The van der Waals surface area contributed by atoms with Crippen LogP contribution in [0.4, 0.5) is 0 Å². The second-order valence-corrected chi connectivity index (χ2v) is 3.91. The van der Waals surface area contributed by atoms with Crippen LogP contribution in [0.25, 0.3) is 0 Å². The van der Waals surface area contributed by atoms with Crippen LogP contribution in [0.3, 0.4) is 0 Å². The first-order valence-electron chi connectivity index (χ1n) is 6.05. The molecule has 0 aliphatic carbocycles.